The lowest BCUT2D eigenvalue weighted by Crippen LogP contribution is -2.38. The second-order valence-corrected chi connectivity index (χ2v) is 7.54. The zero-order valence-electron chi connectivity index (χ0n) is 10.6. The lowest BCUT2D eigenvalue weighted by atomic mass is 9.79. The van der Waals surface area contributed by atoms with Gasteiger partial charge >= 0.3 is 0 Å². The van der Waals surface area contributed by atoms with Crippen LogP contribution in [0.3, 0.4) is 0 Å². The smallest absolute Gasteiger partial charge is 0.173 e. The van der Waals surface area contributed by atoms with Crippen molar-refractivity contribution in [1.82, 2.24) is 0 Å². The van der Waals surface area contributed by atoms with E-state index in [0.717, 1.165) is 17.1 Å². The third-order valence-corrected chi connectivity index (χ3v) is 5.52. The van der Waals surface area contributed by atoms with E-state index in [9.17, 15) is 4.79 Å². The fourth-order valence-corrected chi connectivity index (χ4v) is 4.53. The molecule has 0 spiro atoms. The Labute approximate surface area is 107 Å². The van der Waals surface area contributed by atoms with Crippen molar-refractivity contribution in [1.29, 1.82) is 0 Å². The van der Waals surface area contributed by atoms with E-state index in [1.54, 1.807) is 0 Å². The minimum Gasteiger partial charge on any atom is -0.492 e. The van der Waals surface area contributed by atoms with Crippen molar-refractivity contribution in [3.63, 3.8) is 0 Å². The molecule has 0 radical (unpaired) electrons. The summed E-state index contributed by atoms with van der Waals surface area (Å²) < 4.78 is 6.14. The summed E-state index contributed by atoms with van der Waals surface area (Å²) in [7, 11) is 0. The minimum absolute atomic E-state index is 0.0813. The summed E-state index contributed by atoms with van der Waals surface area (Å²) in [5.74, 6) is 1.31. The molecule has 2 nitrogen and oxygen atoms in total. The van der Waals surface area contributed by atoms with E-state index in [-0.39, 0.29) is 5.41 Å². The molecule has 17 heavy (non-hydrogen) atoms. The highest BCUT2D eigenvalue weighted by atomic mass is 32.2. The molecule has 0 aromatic heterocycles. The Morgan fingerprint density at radius 2 is 2.00 bits per heavy atom. The maximum atomic E-state index is 12.2. The van der Waals surface area contributed by atoms with Crippen LogP contribution in [0.25, 0.3) is 0 Å². The number of Topliss-reactive ketones (excluding diaryl/α,β-unsaturated/α-hetero) is 1. The number of hydrogen-bond donors (Lipinski definition) is 0. The fraction of sp³-hybridized carbons (Fsp3) is 0.786. The molecule has 1 fully saturated rings. The molecule has 1 heterocycles. The van der Waals surface area contributed by atoms with Gasteiger partial charge in [0.05, 0.1) is 4.91 Å². The van der Waals surface area contributed by atoms with Crippen LogP contribution in [0.5, 0.6) is 0 Å². The van der Waals surface area contributed by atoms with E-state index in [1.165, 1.54) is 25.7 Å². The van der Waals surface area contributed by atoms with Gasteiger partial charge in [0.1, 0.15) is 11.9 Å². The summed E-state index contributed by atoms with van der Waals surface area (Å²) in [4.78, 5) is 13.1. The third kappa shape index (κ3) is 2.14. The van der Waals surface area contributed by atoms with Gasteiger partial charge < -0.3 is 4.74 Å². The van der Waals surface area contributed by atoms with Crippen LogP contribution in [-0.2, 0) is 9.53 Å². The maximum Gasteiger partial charge on any atom is 0.173 e. The van der Waals surface area contributed by atoms with Gasteiger partial charge in [0, 0.05) is 18.1 Å². The number of thioether (sulfide) groups is 1. The molecule has 0 saturated heterocycles. The summed E-state index contributed by atoms with van der Waals surface area (Å²) in [6.45, 7) is 4.32. The standard InChI is InChI=1S/C14H20O2S/c1-14(2)7-9(15)13-11(8-14)16-10-5-3-4-6-12(10)17-13/h10,12H,3-8H2,1-2H3/t10-,12-/m1/s1. The predicted molar refractivity (Wildman–Crippen MR) is 69.8 cm³/mol. The molecule has 2 aliphatic carbocycles. The van der Waals surface area contributed by atoms with Crippen molar-refractivity contribution >= 4 is 17.5 Å². The summed E-state index contributed by atoms with van der Waals surface area (Å²) in [6.07, 6.45) is 6.94. The number of allylic oxidation sites excluding steroid dienone is 2. The van der Waals surface area contributed by atoms with E-state index in [4.69, 9.17) is 4.74 Å². The van der Waals surface area contributed by atoms with Crippen LogP contribution in [0.4, 0.5) is 0 Å². The first-order chi connectivity index (χ1) is 8.05. The number of carbonyl (C=O) groups is 1. The van der Waals surface area contributed by atoms with Gasteiger partial charge in [-0.15, -0.1) is 11.8 Å². The highest BCUT2D eigenvalue weighted by Gasteiger charge is 2.42. The lowest BCUT2D eigenvalue weighted by Gasteiger charge is -2.41. The number of hydrogen-bond acceptors (Lipinski definition) is 3. The summed E-state index contributed by atoms with van der Waals surface area (Å²) in [5.41, 5.74) is 0.0813. The average molecular weight is 252 g/mol. The molecule has 0 bridgehead atoms. The largest absolute Gasteiger partial charge is 0.492 e. The van der Waals surface area contributed by atoms with Gasteiger partial charge in [-0.1, -0.05) is 20.3 Å². The van der Waals surface area contributed by atoms with E-state index in [1.807, 2.05) is 11.8 Å². The Morgan fingerprint density at radius 1 is 1.24 bits per heavy atom. The summed E-state index contributed by atoms with van der Waals surface area (Å²) in [5, 5.41) is 0.535. The van der Waals surface area contributed by atoms with Crippen LogP contribution >= 0.6 is 11.8 Å². The Morgan fingerprint density at radius 3 is 2.82 bits per heavy atom. The SMILES string of the molecule is CC1(C)CC(=O)C2=C(C1)O[C@@H]1CCCC[C@H]1S2. The molecule has 94 valence electrons. The van der Waals surface area contributed by atoms with Gasteiger partial charge in [-0.3, -0.25) is 4.79 Å². The molecule has 1 aliphatic heterocycles. The maximum absolute atomic E-state index is 12.2. The van der Waals surface area contributed by atoms with Crippen molar-refractivity contribution in [2.24, 2.45) is 5.41 Å². The van der Waals surface area contributed by atoms with Gasteiger partial charge in [-0.2, -0.15) is 0 Å². The van der Waals surface area contributed by atoms with Crippen molar-refractivity contribution in [3.05, 3.63) is 10.7 Å². The van der Waals surface area contributed by atoms with Crippen LogP contribution in [0.2, 0.25) is 0 Å². The van der Waals surface area contributed by atoms with Crippen molar-refractivity contribution in [2.75, 3.05) is 0 Å². The Balaban J connectivity index is 1.88. The molecule has 3 aliphatic rings. The molecular weight excluding hydrogens is 232 g/mol. The predicted octanol–water partition coefficient (Wildman–Crippen LogP) is 3.66. The quantitative estimate of drug-likeness (QED) is 0.658. The van der Waals surface area contributed by atoms with Crippen molar-refractivity contribution < 1.29 is 9.53 Å². The summed E-state index contributed by atoms with van der Waals surface area (Å²) in [6, 6.07) is 0. The lowest BCUT2D eigenvalue weighted by molar-refractivity contribution is -0.118. The Bertz CT molecular complexity index is 384. The van der Waals surface area contributed by atoms with Gasteiger partial charge in [0.2, 0.25) is 0 Å². The van der Waals surface area contributed by atoms with Crippen LogP contribution in [0, 0.1) is 5.41 Å². The first kappa shape index (κ1) is 11.6. The van der Waals surface area contributed by atoms with Gasteiger partial charge in [0.15, 0.2) is 5.78 Å². The van der Waals surface area contributed by atoms with Crippen LogP contribution in [0.1, 0.15) is 52.4 Å². The zero-order chi connectivity index (χ0) is 12.0. The zero-order valence-corrected chi connectivity index (χ0v) is 11.4. The monoisotopic (exact) mass is 252 g/mol. The summed E-state index contributed by atoms with van der Waals surface area (Å²) >= 11 is 1.81. The van der Waals surface area contributed by atoms with Crippen LogP contribution in [0.15, 0.2) is 10.7 Å². The van der Waals surface area contributed by atoms with Crippen LogP contribution in [-0.4, -0.2) is 17.1 Å². The molecule has 2 atom stereocenters. The van der Waals surface area contributed by atoms with Gasteiger partial charge in [-0.05, 0) is 24.7 Å². The van der Waals surface area contributed by atoms with E-state index >= 15 is 0 Å². The molecular formula is C14H20O2S. The number of fused-ring (bicyclic) bond motifs is 1. The minimum atomic E-state index is 0.0813. The highest BCUT2D eigenvalue weighted by molar-refractivity contribution is 8.04. The molecule has 1 saturated carbocycles. The molecule has 0 unspecified atom stereocenters. The van der Waals surface area contributed by atoms with Crippen molar-refractivity contribution in [2.45, 2.75) is 63.7 Å². The normalized spacial score (nSPS) is 36.0. The molecule has 0 amide bonds. The molecule has 0 aromatic rings. The Hall–Kier alpha value is -0.440. The molecule has 0 aromatic carbocycles. The molecule has 3 rings (SSSR count). The number of ether oxygens (including phenoxy) is 1. The third-order valence-electron chi connectivity index (χ3n) is 3.99. The highest BCUT2D eigenvalue weighted by Crippen LogP contribution is 2.49. The molecule has 0 N–H and O–H groups in total. The average Bonchev–Trinajstić information content (AvgIpc) is 2.25. The number of ketones is 1. The Kier molecular flexibility index (Phi) is 2.77. The number of rotatable bonds is 0. The first-order valence-corrected chi connectivity index (χ1v) is 7.53. The van der Waals surface area contributed by atoms with Crippen LogP contribution < -0.4 is 0 Å². The van der Waals surface area contributed by atoms with E-state index < -0.39 is 0 Å². The van der Waals surface area contributed by atoms with Gasteiger partial charge in [0.25, 0.3) is 0 Å². The van der Waals surface area contributed by atoms with Gasteiger partial charge in [-0.25, -0.2) is 0 Å². The van der Waals surface area contributed by atoms with E-state index in [2.05, 4.69) is 13.8 Å². The fourth-order valence-electron chi connectivity index (χ4n) is 3.14. The molecule has 3 heteroatoms. The second-order valence-electron chi connectivity index (χ2n) is 6.29. The van der Waals surface area contributed by atoms with Crippen molar-refractivity contribution in [3.8, 4) is 0 Å². The second kappa shape index (κ2) is 4.04. The number of carbonyl (C=O) groups excluding carboxylic acids is 1. The topological polar surface area (TPSA) is 26.3 Å². The first-order valence-electron chi connectivity index (χ1n) is 6.65. The van der Waals surface area contributed by atoms with E-state index in [0.29, 0.717) is 23.6 Å².